The monoisotopic (exact) mass is 409 g/mol. The third-order valence-electron chi connectivity index (χ3n) is 7.03. The molecule has 162 valence electrons. The normalized spacial score (nSPS) is 26.3. The Morgan fingerprint density at radius 2 is 1.87 bits per heavy atom. The van der Waals surface area contributed by atoms with Crippen LogP contribution in [-0.4, -0.2) is 25.3 Å². The van der Waals surface area contributed by atoms with Gasteiger partial charge in [0.25, 0.3) is 0 Å². The van der Waals surface area contributed by atoms with Crippen molar-refractivity contribution in [2.45, 2.75) is 65.4 Å². The molecule has 1 aromatic heterocycles. The Kier molecular flexibility index (Phi) is 5.95. The Balaban J connectivity index is 1.84. The lowest BCUT2D eigenvalue weighted by Gasteiger charge is -2.38. The van der Waals surface area contributed by atoms with Crippen molar-refractivity contribution in [3.05, 3.63) is 35.1 Å². The molecule has 1 heterocycles. The molecule has 0 amide bonds. The van der Waals surface area contributed by atoms with E-state index in [2.05, 4.69) is 39.8 Å². The van der Waals surface area contributed by atoms with Crippen molar-refractivity contribution in [1.82, 2.24) is 4.98 Å². The van der Waals surface area contributed by atoms with Gasteiger partial charge in [0, 0.05) is 17.4 Å². The molecule has 30 heavy (non-hydrogen) atoms. The maximum atomic E-state index is 6.79. The van der Waals surface area contributed by atoms with Crippen LogP contribution < -0.4 is 9.47 Å². The van der Waals surface area contributed by atoms with Gasteiger partial charge in [0.05, 0.1) is 25.5 Å². The number of benzene rings is 1. The van der Waals surface area contributed by atoms with E-state index in [0.29, 0.717) is 17.8 Å². The van der Waals surface area contributed by atoms with Crippen molar-refractivity contribution >= 4 is 17.0 Å². The van der Waals surface area contributed by atoms with Gasteiger partial charge < -0.3 is 14.2 Å². The van der Waals surface area contributed by atoms with Crippen LogP contribution in [0.2, 0.25) is 0 Å². The van der Waals surface area contributed by atoms with E-state index in [9.17, 15) is 0 Å². The molecule has 1 fully saturated rings. The maximum absolute atomic E-state index is 6.79. The minimum atomic E-state index is 0.223. The molecule has 0 bridgehead atoms. The zero-order chi connectivity index (χ0) is 21.4. The number of pyridine rings is 1. The first-order valence-corrected chi connectivity index (χ1v) is 11.3. The smallest absolute Gasteiger partial charge is 0.218 e. The van der Waals surface area contributed by atoms with E-state index in [1.165, 1.54) is 18.4 Å². The summed E-state index contributed by atoms with van der Waals surface area (Å²) in [6.07, 6.45) is 6.89. The van der Waals surface area contributed by atoms with Crippen LogP contribution in [0.15, 0.2) is 24.0 Å². The second kappa shape index (κ2) is 8.49. The van der Waals surface area contributed by atoms with Crippen LogP contribution >= 0.6 is 0 Å². The summed E-state index contributed by atoms with van der Waals surface area (Å²) in [7, 11) is 3.45. The zero-order valence-electron chi connectivity index (χ0n) is 19.2. The highest BCUT2D eigenvalue weighted by atomic mass is 16.5. The van der Waals surface area contributed by atoms with Crippen molar-refractivity contribution in [3.63, 3.8) is 0 Å². The Hall–Kier alpha value is -2.23. The van der Waals surface area contributed by atoms with Gasteiger partial charge in [-0.05, 0) is 66.4 Å². The van der Waals surface area contributed by atoms with Gasteiger partial charge in [0.15, 0.2) is 0 Å². The molecule has 4 nitrogen and oxygen atoms in total. The standard InChI is InChI=1S/C26H35NO3/c1-15(2)20-9-7-16(3)11-24(20)30-26-25-17(4)12-19(29-6)14-22(25)21-13-18(28-5)8-10-23(21)27-26/h8,10,13-17,20,24H,7,9,11-12H2,1-6H3/t16-,17?,20+,24-/m1/s1. The lowest BCUT2D eigenvalue weighted by molar-refractivity contribution is 0.0418. The number of fused-ring (bicyclic) bond motifs is 3. The van der Waals surface area contributed by atoms with E-state index >= 15 is 0 Å². The number of aromatic nitrogens is 1. The predicted molar refractivity (Wildman–Crippen MR) is 122 cm³/mol. The number of ether oxygens (including phenoxy) is 3. The topological polar surface area (TPSA) is 40.6 Å². The Morgan fingerprint density at radius 3 is 2.57 bits per heavy atom. The van der Waals surface area contributed by atoms with E-state index in [4.69, 9.17) is 19.2 Å². The van der Waals surface area contributed by atoms with Gasteiger partial charge in [-0.1, -0.05) is 34.1 Å². The van der Waals surface area contributed by atoms with E-state index in [0.717, 1.165) is 46.7 Å². The van der Waals surface area contributed by atoms with Gasteiger partial charge in [-0.2, -0.15) is 0 Å². The van der Waals surface area contributed by atoms with Gasteiger partial charge in [0.2, 0.25) is 5.88 Å². The number of allylic oxidation sites excluding steroid dienone is 1. The summed E-state index contributed by atoms with van der Waals surface area (Å²) in [6.45, 7) is 9.24. The molecule has 0 radical (unpaired) electrons. The fourth-order valence-corrected chi connectivity index (χ4v) is 5.27. The van der Waals surface area contributed by atoms with Gasteiger partial charge in [-0.25, -0.2) is 4.98 Å². The molecule has 2 aliphatic rings. The molecule has 1 unspecified atom stereocenters. The second-order valence-electron chi connectivity index (χ2n) is 9.53. The van der Waals surface area contributed by atoms with Gasteiger partial charge in [-0.3, -0.25) is 0 Å². The predicted octanol–water partition coefficient (Wildman–Crippen LogP) is 6.58. The van der Waals surface area contributed by atoms with Crippen LogP contribution in [0.3, 0.4) is 0 Å². The SMILES string of the molecule is COC1=Cc2c(c(O[C@@H]3C[C@H](C)CC[C@H]3C(C)C)nc3ccc(OC)cc23)C(C)C1. The third-order valence-corrected chi connectivity index (χ3v) is 7.03. The van der Waals surface area contributed by atoms with Gasteiger partial charge in [-0.15, -0.1) is 0 Å². The van der Waals surface area contributed by atoms with Crippen LogP contribution in [0, 0.1) is 17.8 Å². The molecule has 4 atom stereocenters. The average molecular weight is 410 g/mol. The highest BCUT2D eigenvalue weighted by Gasteiger charge is 2.34. The summed E-state index contributed by atoms with van der Waals surface area (Å²) in [5.41, 5.74) is 3.31. The van der Waals surface area contributed by atoms with Crippen molar-refractivity contribution < 1.29 is 14.2 Å². The fraction of sp³-hybridized carbons (Fsp3) is 0.577. The van der Waals surface area contributed by atoms with Crippen LogP contribution in [0.1, 0.15) is 70.4 Å². The van der Waals surface area contributed by atoms with Crippen LogP contribution in [-0.2, 0) is 4.74 Å². The van der Waals surface area contributed by atoms with Crippen molar-refractivity contribution in [1.29, 1.82) is 0 Å². The van der Waals surface area contributed by atoms with E-state index in [-0.39, 0.29) is 12.0 Å². The van der Waals surface area contributed by atoms with E-state index < -0.39 is 0 Å². The first kappa shape index (κ1) is 21.0. The average Bonchev–Trinajstić information content (AvgIpc) is 2.72. The fourth-order valence-electron chi connectivity index (χ4n) is 5.27. The van der Waals surface area contributed by atoms with E-state index in [1.807, 2.05) is 12.1 Å². The summed E-state index contributed by atoms with van der Waals surface area (Å²) in [5.74, 6) is 4.83. The molecule has 0 spiro atoms. The summed E-state index contributed by atoms with van der Waals surface area (Å²) in [6, 6.07) is 6.08. The highest BCUT2D eigenvalue weighted by Crippen LogP contribution is 2.44. The maximum Gasteiger partial charge on any atom is 0.218 e. The lowest BCUT2D eigenvalue weighted by atomic mass is 9.75. The molecule has 4 rings (SSSR count). The number of methoxy groups -OCH3 is 2. The van der Waals surface area contributed by atoms with E-state index in [1.54, 1.807) is 14.2 Å². The Labute approximate surface area is 180 Å². The van der Waals surface area contributed by atoms with Crippen molar-refractivity contribution in [2.75, 3.05) is 14.2 Å². The number of hydrogen-bond donors (Lipinski definition) is 0. The molecular weight excluding hydrogens is 374 g/mol. The summed E-state index contributed by atoms with van der Waals surface area (Å²) >= 11 is 0. The first-order valence-electron chi connectivity index (χ1n) is 11.3. The van der Waals surface area contributed by atoms with Crippen molar-refractivity contribution in [3.8, 4) is 11.6 Å². The second-order valence-corrected chi connectivity index (χ2v) is 9.53. The molecule has 2 aliphatic carbocycles. The number of rotatable bonds is 5. The van der Waals surface area contributed by atoms with Gasteiger partial charge in [0.1, 0.15) is 11.9 Å². The minimum absolute atomic E-state index is 0.223. The minimum Gasteiger partial charge on any atom is -0.501 e. The number of nitrogens with zero attached hydrogens (tertiary/aromatic N) is 1. The number of hydrogen-bond acceptors (Lipinski definition) is 4. The highest BCUT2D eigenvalue weighted by molar-refractivity contribution is 5.92. The molecule has 1 aromatic carbocycles. The molecule has 0 saturated heterocycles. The largest absolute Gasteiger partial charge is 0.501 e. The Morgan fingerprint density at radius 1 is 1.07 bits per heavy atom. The van der Waals surface area contributed by atoms with Crippen molar-refractivity contribution in [2.24, 2.45) is 17.8 Å². The molecule has 4 heteroatoms. The van der Waals surface area contributed by atoms with Crippen LogP contribution in [0.25, 0.3) is 17.0 Å². The lowest BCUT2D eigenvalue weighted by Crippen LogP contribution is -2.37. The zero-order valence-corrected chi connectivity index (χ0v) is 19.2. The molecular formula is C26H35NO3. The molecule has 0 aliphatic heterocycles. The quantitative estimate of drug-likeness (QED) is 0.559. The molecule has 1 saturated carbocycles. The first-order chi connectivity index (χ1) is 14.4. The molecule has 2 aromatic rings. The van der Waals surface area contributed by atoms with Crippen LogP contribution in [0.4, 0.5) is 0 Å². The Bertz CT molecular complexity index is 949. The molecule has 0 N–H and O–H groups in total. The summed E-state index contributed by atoms with van der Waals surface area (Å²) < 4.78 is 17.9. The van der Waals surface area contributed by atoms with Gasteiger partial charge >= 0.3 is 0 Å². The summed E-state index contributed by atoms with van der Waals surface area (Å²) in [5, 5.41) is 1.09. The van der Waals surface area contributed by atoms with Crippen LogP contribution in [0.5, 0.6) is 11.6 Å². The third kappa shape index (κ3) is 3.89. The summed E-state index contributed by atoms with van der Waals surface area (Å²) in [4.78, 5) is 5.03.